The highest BCUT2D eigenvalue weighted by molar-refractivity contribution is 5.96. The lowest BCUT2D eigenvalue weighted by Crippen LogP contribution is -2.39. The Morgan fingerprint density at radius 1 is 1.03 bits per heavy atom. The first-order valence-electron chi connectivity index (χ1n) is 12.4. The zero-order valence-electron chi connectivity index (χ0n) is 21.7. The van der Waals surface area contributed by atoms with E-state index in [2.05, 4.69) is 15.5 Å². The largest absolute Gasteiger partial charge is 0.495 e. The molecule has 0 spiro atoms. The van der Waals surface area contributed by atoms with Crippen molar-refractivity contribution in [2.75, 3.05) is 35.7 Å². The molecule has 8 nitrogen and oxygen atoms in total. The van der Waals surface area contributed by atoms with Crippen LogP contribution in [-0.4, -0.2) is 41.8 Å². The second-order valence-corrected chi connectivity index (χ2v) is 9.63. The van der Waals surface area contributed by atoms with Crippen molar-refractivity contribution in [1.29, 1.82) is 0 Å². The maximum Gasteiger partial charge on any atom is 0.227 e. The van der Waals surface area contributed by atoms with Crippen LogP contribution in [0.15, 0.2) is 48.5 Å². The standard InChI is InChI=1S/C28H35N5O3/c1-18(2)26(34)30-25-20(4)31-33(22-9-7-6-8-10-22)28(25)32-15-13-21(14-16-32)27(35)29-23-17-19(3)11-12-24(23)36-5/h6-12,17-18,21H,13-16H2,1-5H3,(H,29,35)(H,30,34). The van der Waals surface area contributed by atoms with Crippen LogP contribution in [-0.2, 0) is 9.59 Å². The fraction of sp³-hybridized carbons (Fsp3) is 0.393. The Labute approximate surface area is 212 Å². The van der Waals surface area contributed by atoms with Gasteiger partial charge in [0.2, 0.25) is 11.8 Å². The molecule has 36 heavy (non-hydrogen) atoms. The molecule has 190 valence electrons. The number of hydrogen-bond acceptors (Lipinski definition) is 5. The number of rotatable bonds is 7. The molecule has 1 aromatic heterocycles. The van der Waals surface area contributed by atoms with Gasteiger partial charge >= 0.3 is 0 Å². The topological polar surface area (TPSA) is 88.5 Å². The molecule has 0 unspecified atom stereocenters. The predicted molar refractivity (Wildman–Crippen MR) is 143 cm³/mol. The summed E-state index contributed by atoms with van der Waals surface area (Å²) < 4.78 is 7.31. The minimum absolute atomic E-state index is 0.000341. The van der Waals surface area contributed by atoms with Crippen LogP contribution in [0.5, 0.6) is 5.75 Å². The maximum atomic E-state index is 13.1. The molecule has 4 rings (SSSR count). The number of benzene rings is 2. The minimum atomic E-state index is -0.148. The lowest BCUT2D eigenvalue weighted by atomic mass is 9.95. The van der Waals surface area contributed by atoms with Crippen LogP contribution >= 0.6 is 0 Å². The number of methoxy groups -OCH3 is 1. The molecule has 1 saturated heterocycles. The van der Waals surface area contributed by atoms with Crippen molar-refractivity contribution >= 4 is 29.0 Å². The molecule has 2 amide bonds. The van der Waals surface area contributed by atoms with Crippen molar-refractivity contribution < 1.29 is 14.3 Å². The lowest BCUT2D eigenvalue weighted by molar-refractivity contribution is -0.120. The quantitative estimate of drug-likeness (QED) is 0.490. The Hall–Kier alpha value is -3.81. The molecule has 1 fully saturated rings. The van der Waals surface area contributed by atoms with E-state index in [9.17, 15) is 9.59 Å². The summed E-state index contributed by atoms with van der Waals surface area (Å²) in [4.78, 5) is 27.9. The number of para-hydroxylation sites is 1. The third kappa shape index (κ3) is 5.37. The molecule has 8 heteroatoms. The maximum absolute atomic E-state index is 13.1. The Balaban J connectivity index is 1.55. The summed E-state index contributed by atoms with van der Waals surface area (Å²) in [5.74, 6) is 1.19. The highest BCUT2D eigenvalue weighted by atomic mass is 16.5. The Bertz CT molecular complexity index is 1230. The summed E-state index contributed by atoms with van der Waals surface area (Å²) >= 11 is 0. The molecule has 0 radical (unpaired) electrons. The summed E-state index contributed by atoms with van der Waals surface area (Å²) in [7, 11) is 1.60. The van der Waals surface area contributed by atoms with E-state index in [1.54, 1.807) is 7.11 Å². The molecular weight excluding hydrogens is 454 g/mol. The monoisotopic (exact) mass is 489 g/mol. The van der Waals surface area contributed by atoms with Gasteiger partial charge in [-0.3, -0.25) is 9.59 Å². The normalized spacial score (nSPS) is 14.1. The molecular formula is C28H35N5O3. The zero-order valence-corrected chi connectivity index (χ0v) is 21.7. The average molecular weight is 490 g/mol. The van der Waals surface area contributed by atoms with E-state index in [0.29, 0.717) is 37.4 Å². The summed E-state index contributed by atoms with van der Waals surface area (Å²) in [6.07, 6.45) is 1.38. The number of nitrogens with one attached hydrogen (secondary N) is 2. The predicted octanol–water partition coefficient (Wildman–Crippen LogP) is 4.95. The number of piperidine rings is 1. The number of carbonyl (C=O) groups excluding carboxylic acids is 2. The third-order valence-electron chi connectivity index (χ3n) is 6.59. The van der Waals surface area contributed by atoms with Gasteiger partial charge in [0.05, 0.1) is 24.2 Å². The molecule has 0 aliphatic carbocycles. The molecule has 2 heterocycles. The van der Waals surface area contributed by atoms with E-state index in [1.165, 1.54) is 0 Å². The van der Waals surface area contributed by atoms with E-state index < -0.39 is 0 Å². The van der Waals surface area contributed by atoms with Crippen LogP contribution in [0.1, 0.15) is 37.9 Å². The van der Waals surface area contributed by atoms with Gasteiger partial charge in [0, 0.05) is 24.9 Å². The smallest absolute Gasteiger partial charge is 0.227 e. The molecule has 0 bridgehead atoms. The van der Waals surface area contributed by atoms with Gasteiger partial charge < -0.3 is 20.3 Å². The van der Waals surface area contributed by atoms with Gasteiger partial charge in [-0.25, -0.2) is 4.68 Å². The second-order valence-electron chi connectivity index (χ2n) is 9.63. The number of ether oxygens (including phenoxy) is 1. The van der Waals surface area contributed by atoms with Gasteiger partial charge in [-0.05, 0) is 56.5 Å². The van der Waals surface area contributed by atoms with Crippen molar-refractivity contribution in [1.82, 2.24) is 9.78 Å². The molecule has 0 atom stereocenters. The fourth-order valence-corrected chi connectivity index (χ4v) is 4.48. The van der Waals surface area contributed by atoms with Crippen LogP contribution in [0.2, 0.25) is 0 Å². The molecule has 2 aromatic carbocycles. The number of aromatic nitrogens is 2. The second kappa shape index (κ2) is 10.8. The van der Waals surface area contributed by atoms with Gasteiger partial charge in [-0.15, -0.1) is 0 Å². The first kappa shape index (κ1) is 25.3. The Morgan fingerprint density at radius 3 is 2.36 bits per heavy atom. The lowest BCUT2D eigenvalue weighted by Gasteiger charge is -2.34. The highest BCUT2D eigenvalue weighted by Crippen LogP contribution is 2.35. The summed E-state index contributed by atoms with van der Waals surface area (Å²) in [5, 5.41) is 10.9. The SMILES string of the molecule is COc1ccc(C)cc1NC(=O)C1CCN(c2c(NC(=O)C(C)C)c(C)nn2-c2ccccc2)CC1. The van der Waals surface area contributed by atoms with Crippen LogP contribution in [0.4, 0.5) is 17.2 Å². The number of anilines is 3. The van der Waals surface area contributed by atoms with Crippen molar-refractivity contribution in [3.63, 3.8) is 0 Å². The number of nitrogens with zero attached hydrogens (tertiary/aromatic N) is 3. The van der Waals surface area contributed by atoms with E-state index in [-0.39, 0.29) is 23.7 Å². The molecule has 2 N–H and O–H groups in total. The van der Waals surface area contributed by atoms with Crippen molar-refractivity contribution in [2.24, 2.45) is 11.8 Å². The number of carbonyl (C=O) groups is 2. The summed E-state index contributed by atoms with van der Waals surface area (Å²) in [6, 6.07) is 15.7. The molecule has 1 aliphatic rings. The van der Waals surface area contributed by atoms with Gasteiger partial charge in [-0.1, -0.05) is 38.1 Å². The summed E-state index contributed by atoms with van der Waals surface area (Å²) in [6.45, 7) is 8.99. The molecule has 3 aromatic rings. The van der Waals surface area contributed by atoms with E-state index >= 15 is 0 Å². The first-order valence-corrected chi connectivity index (χ1v) is 12.4. The zero-order chi connectivity index (χ0) is 25.8. The fourth-order valence-electron chi connectivity index (χ4n) is 4.48. The minimum Gasteiger partial charge on any atom is -0.495 e. The summed E-state index contributed by atoms with van der Waals surface area (Å²) in [5.41, 5.74) is 4.16. The third-order valence-corrected chi connectivity index (χ3v) is 6.59. The van der Waals surface area contributed by atoms with Crippen LogP contribution in [0.25, 0.3) is 5.69 Å². The van der Waals surface area contributed by atoms with Gasteiger partial charge in [-0.2, -0.15) is 5.10 Å². The van der Waals surface area contributed by atoms with E-state index in [0.717, 1.165) is 28.5 Å². The average Bonchev–Trinajstić information content (AvgIpc) is 3.20. The van der Waals surface area contributed by atoms with Gasteiger partial charge in [0.1, 0.15) is 11.4 Å². The Kier molecular flexibility index (Phi) is 7.62. The van der Waals surface area contributed by atoms with Gasteiger partial charge in [0.25, 0.3) is 0 Å². The molecule has 0 saturated carbocycles. The number of aryl methyl sites for hydroxylation is 2. The Morgan fingerprint density at radius 2 is 1.72 bits per heavy atom. The number of hydrogen-bond donors (Lipinski definition) is 2. The van der Waals surface area contributed by atoms with E-state index in [1.807, 2.05) is 80.9 Å². The van der Waals surface area contributed by atoms with Crippen LogP contribution in [0.3, 0.4) is 0 Å². The first-order chi connectivity index (χ1) is 17.3. The van der Waals surface area contributed by atoms with Gasteiger partial charge in [0.15, 0.2) is 5.82 Å². The van der Waals surface area contributed by atoms with Crippen molar-refractivity contribution in [3.05, 3.63) is 59.8 Å². The van der Waals surface area contributed by atoms with E-state index in [4.69, 9.17) is 9.84 Å². The van der Waals surface area contributed by atoms with Crippen LogP contribution < -0.4 is 20.3 Å². The van der Waals surface area contributed by atoms with Crippen molar-refractivity contribution in [2.45, 2.75) is 40.5 Å². The number of amides is 2. The highest BCUT2D eigenvalue weighted by Gasteiger charge is 2.30. The van der Waals surface area contributed by atoms with Crippen LogP contribution in [0, 0.1) is 25.7 Å². The molecule has 1 aliphatic heterocycles. The van der Waals surface area contributed by atoms with Crippen molar-refractivity contribution in [3.8, 4) is 11.4 Å².